The van der Waals surface area contributed by atoms with E-state index in [1.165, 1.54) is 0 Å². The smallest absolute Gasteiger partial charge is 0.194 e. The second-order valence-electron chi connectivity index (χ2n) is 6.77. The molecule has 32 heavy (non-hydrogen) atoms. The molecule has 0 aliphatic rings. The minimum atomic E-state index is 0. The van der Waals surface area contributed by atoms with Crippen LogP contribution < -0.4 is 19.5 Å². The second-order valence-corrected chi connectivity index (χ2v) is 6.77. The van der Waals surface area contributed by atoms with Gasteiger partial charge in [-0.25, -0.2) is 4.98 Å². The SMILES string of the molecule is CN=C(NCc1nc(-c2ccc(OC)cc2)n[nH]1)N(C)Cc1ccc(OC)cc1OC.I. The first-order valence-electron chi connectivity index (χ1n) is 9.76. The lowest BCUT2D eigenvalue weighted by Gasteiger charge is -2.23. The number of halogens is 1. The van der Waals surface area contributed by atoms with Crippen molar-refractivity contribution in [2.24, 2.45) is 4.99 Å². The Bertz CT molecular complexity index is 1020. The number of H-pyrrole nitrogens is 1. The van der Waals surface area contributed by atoms with Crippen molar-refractivity contribution in [3.63, 3.8) is 0 Å². The molecule has 0 bridgehead atoms. The lowest BCUT2D eigenvalue weighted by atomic mass is 10.2. The van der Waals surface area contributed by atoms with Crippen LogP contribution in [-0.2, 0) is 13.1 Å². The van der Waals surface area contributed by atoms with E-state index in [0.29, 0.717) is 24.7 Å². The van der Waals surface area contributed by atoms with Crippen LogP contribution in [0, 0.1) is 0 Å². The van der Waals surface area contributed by atoms with Crippen LogP contribution in [0.15, 0.2) is 47.5 Å². The lowest BCUT2D eigenvalue weighted by Crippen LogP contribution is -2.38. The van der Waals surface area contributed by atoms with Gasteiger partial charge in [-0.15, -0.1) is 24.0 Å². The number of aromatic nitrogens is 3. The molecule has 0 unspecified atom stereocenters. The van der Waals surface area contributed by atoms with Crippen LogP contribution in [0.4, 0.5) is 0 Å². The maximum absolute atomic E-state index is 5.49. The second kappa shape index (κ2) is 12.1. The Balaban J connectivity index is 0.00000363. The fourth-order valence-electron chi connectivity index (χ4n) is 3.10. The van der Waals surface area contributed by atoms with E-state index >= 15 is 0 Å². The van der Waals surface area contributed by atoms with Crippen LogP contribution in [-0.4, -0.2) is 61.5 Å². The van der Waals surface area contributed by atoms with Crippen LogP contribution in [0.5, 0.6) is 17.2 Å². The van der Waals surface area contributed by atoms with Gasteiger partial charge in [-0.1, -0.05) is 0 Å². The molecule has 0 aliphatic heterocycles. The molecule has 3 aromatic rings. The van der Waals surface area contributed by atoms with Crippen molar-refractivity contribution in [1.82, 2.24) is 25.4 Å². The average molecular weight is 552 g/mol. The quantitative estimate of drug-likeness (QED) is 0.252. The van der Waals surface area contributed by atoms with Crippen molar-refractivity contribution >= 4 is 29.9 Å². The van der Waals surface area contributed by atoms with E-state index in [1.54, 1.807) is 28.4 Å². The topological polar surface area (TPSA) is 96.9 Å². The third-order valence-electron chi connectivity index (χ3n) is 4.77. The Morgan fingerprint density at radius 2 is 1.72 bits per heavy atom. The average Bonchev–Trinajstić information content (AvgIpc) is 3.28. The standard InChI is InChI=1S/C22H28N6O3.HI/c1-23-22(28(2)14-16-8-11-18(30-4)12-19(16)31-5)24-13-20-25-21(27-26-20)15-6-9-17(29-3)10-7-15;/h6-12H,13-14H2,1-5H3,(H,23,24)(H,25,26,27);1H. The third kappa shape index (κ3) is 6.25. The molecule has 0 saturated carbocycles. The van der Waals surface area contributed by atoms with Crippen molar-refractivity contribution in [2.45, 2.75) is 13.1 Å². The van der Waals surface area contributed by atoms with Gasteiger partial charge in [0.25, 0.3) is 0 Å². The maximum atomic E-state index is 5.49. The molecule has 10 heteroatoms. The molecule has 0 saturated heterocycles. The van der Waals surface area contributed by atoms with Crippen LogP contribution >= 0.6 is 24.0 Å². The Hall–Kier alpha value is -3.02. The zero-order valence-electron chi connectivity index (χ0n) is 18.9. The molecule has 2 aromatic carbocycles. The number of methoxy groups -OCH3 is 3. The fraction of sp³-hybridized carbons (Fsp3) is 0.318. The molecule has 0 fully saturated rings. The summed E-state index contributed by atoms with van der Waals surface area (Å²) in [6, 6.07) is 13.4. The normalized spacial score (nSPS) is 10.8. The number of rotatable bonds is 8. The van der Waals surface area contributed by atoms with Gasteiger partial charge in [-0.05, 0) is 36.4 Å². The van der Waals surface area contributed by atoms with Crippen LogP contribution in [0.1, 0.15) is 11.4 Å². The number of guanidine groups is 1. The van der Waals surface area contributed by atoms with E-state index in [9.17, 15) is 0 Å². The minimum absolute atomic E-state index is 0. The maximum Gasteiger partial charge on any atom is 0.194 e. The first-order valence-corrected chi connectivity index (χ1v) is 9.76. The molecule has 0 spiro atoms. The highest BCUT2D eigenvalue weighted by molar-refractivity contribution is 14.0. The molecule has 1 heterocycles. The van der Waals surface area contributed by atoms with Crippen molar-refractivity contribution in [3.8, 4) is 28.6 Å². The van der Waals surface area contributed by atoms with Gasteiger partial charge in [0.15, 0.2) is 11.8 Å². The number of ether oxygens (including phenoxy) is 3. The first kappa shape index (κ1) is 25.2. The van der Waals surface area contributed by atoms with Crippen molar-refractivity contribution in [3.05, 3.63) is 53.9 Å². The van der Waals surface area contributed by atoms with Gasteiger partial charge in [0.05, 0.1) is 27.9 Å². The van der Waals surface area contributed by atoms with E-state index in [1.807, 2.05) is 54.4 Å². The minimum Gasteiger partial charge on any atom is -0.497 e. The number of aliphatic imine (C=N–C) groups is 1. The summed E-state index contributed by atoms with van der Waals surface area (Å²) in [5.74, 6) is 4.37. The van der Waals surface area contributed by atoms with Crippen LogP contribution in [0.3, 0.4) is 0 Å². The van der Waals surface area contributed by atoms with Gasteiger partial charge in [0, 0.05) is 37.8 Å². The van der Waals surface area contributed by atoms with Gasteiger partial charge < -0.3 is 24.4 Å². The fourth-order valence-corrected chi connectivity index (χ4v) is 3.10. The highest BCUT2D eigenvalue weighted by Gasteiger charge is 2.12. The number of hydrogen-bond donors (Lipinski definition) is 2. The molecular weight excluding hydrogens is 523 g/mol. The monoisotopic (exact) mass is 552 g/mol. The van der Waals surface area contributed by atoms with E-state index in [4.69, 9.17) is 14.2 Å². The summed E-state index contributed by atoms with van der Waals surface area (Å²) in [6.07, 6.45) is 0. The van der Waals surface area contributed by atoms with E-state index in [-0.39, 0.29) is 24.0 Å². The number of hydrogen-bond acceptors (Lipinski definition) is 6. The third-order valence-corrected chi connectivity index (χ3v) is 4.77. The highest BCUT2D eigenvalue weighted by Crippen LogP contribution is 2.25. The highest BCUT2D eigenvalue weighted by atomic mass is 127. The van der Waals surface area contributed by atoms with Gasteiger partial charge in [0.2, 0.25) is 0 Å². The predicted molar refractivity (Wildman–Crippen MR) is 135 cm³/mol. The van der Waals surface area contributed by atoms with E-state index < -0.39 is 0 Å². The Kier molecular flexibility index (Phi) is 9.57. The molecule has 3 rings (SSSR count). The van der Waals surface area contributed by atoms with Gasteiger partial charge in [-0.2, -0.15) is 5.10 Å². The largest absolute Gasteiger partial charge is 0.497 e. The predicted octanol–water partition coefficient (Wildman–Crippen LogP) is 3.32. The molecular formula is C22H29IN6O3. The van der Waals surface area contributed by atoms with E-state index in [2.05, 4.69) is 25.5 Å². The summed E-state index contributed by atoms with van der Waals surface area (Å²) in [7, 11) is 8.63. The summed E-state index contributed by atoms with van der Waals surface area (Å²) < 4.78 is 15.9. The van der Waals surface area contributed by atoms with E-state index in [0.717, 1.165) is 34.3 Å². The van der Waals surface area contributed by atoms with Crippen LogP contribution in [0.2, 0.25) is 0 Å². The Morgan fingerprint density at radius 3 is 2.34 bits per heavy atom. The molecule has 0 radical (unpaired) electrons. The molecule has 1 aromatic heterocycles. The Labute approximate surface area is 205 Å². The summed E-state index contributed by atoms with van der Waals surface area (Å²) in [5, 5.41) is 10.6. The Morgan fingerprint density at radius 1 is 1.03 bits per heavy atom. The molecule has 0 aliphatic carbocycles. The zero-order valence-corrected chi connectivity index (χ0v) is 21.2. The van der Waals surface area contributed by atoms with Crippen LogP contribution in [0.25, 0.3) is 11.4 Å². The summed E-state index contributed by atoms with van der Waals surface area (Å²) in [6.45, 7) is 1.07. The number of aromatic amines is 1. The van der Waals surface area contributed by atoms with Crippen molar-refractivity contribution < 1.29 is 14.2 Å². The number of benzene rings is 2. The zero-order chi connectivity index (χ0) is 22.2. The lowest BCUT2D eigenvalue weighted by molar-refractivity contribution is 0.382. The summed E-state index contributed by atoms with van der Waals surface area (Å²) in [5.41, 5.74) is 1.94. The molecule has 9 nitrogen and oxygen atoms in total. The molecule has 2 N–H and O–H groups in total. The van der Waals surface area contributed by atoms with Gasteiger partial charge in [-0.3, -0.25) is 10.1 Å². The van der Waals surface area contributed by atoms with Gasteiger partial charge in [0.1, 0.15) is 23.1 Å². The number of nitrogens with zero attached hydrogens (tertiary/aromatic N) is 4. The van der Waals surface area contributed by atoms with Crippen molar-refractivity contribution in [2.75, 3.05) is 35.4 Å². The summed E-state index contributed by atoms with van der Waals surface area (Å²) >= 11 is 0. The summed E-state index contributed by atoms with van der Waals surface area (Å²) in [4.78, 5) is 10.9. The van der Waals surface area contributed by atoms with Crippen molar-refractivity contribution in [1.29, 1.82) is 0 Å². The molecule has 0 atom stereocenters. The molecule has 172 valence electrons. The molecule has 0 amide bonds. The number of nitrogens with one attached hydrogen (secondary N) is 2. The van der Waals surface area contributed by atoms with Gasteiger partial charge >= 0.3 is 0 Å². The first-order chi connectivity index (χ1) is 15.1.